The molecule has 1 rings (SSSR count). The highest BCUT2D eigenvalue weighted by atomic mass is 16.5. The molecule has 0 radical (unpaired) electrons. The van der Waals surface area contributed by atoms with E-state index in [1.54, 1.807) is 0 Å². The first-order valence-corrected chi connectivity index (χ1v) is 4.88. The van der Waals surface area contributed by atoms with Gasteiger partial charge in [-0.2, -0.15) is 9.97 Å². The first-order valence-electron chi connectivity index (χ1n) is 4.88. The second kappa shape index (κ2) is 5.62. The molecule has 8 heteroatoms. The van der Waals surface area contributed by atoms with Gasteiger partial charge in [-0.1, -0.05) is 0 Å². The van der Waals surface area contributed by atoms with Gasteiger partial charge in [-0.05, 0) is 0 Å². The maximum atomic E-state index is 9.15. The SMILES string of the molecule is COc1cc(NC(CO)(CO)CO)nc(N)n1. The molecule has 6 N–H and O–H groups in total. The van der Waals surface area contributed by atoms with Crippen molar-refractivity contribution < 1.29 is 20.1 Å². The van der Waals surface area contributed by atoms with Crippen molar-refractivity contribution in [1.82, 2.24) is 9.97 Å². The zero-order valence-electron chi connectivity index (χ0n) is 9.42. The molecular formula is C9H16N4O4. The predicted molar refractivity (Wildman–Crippen MR) is 60.6 cm³/mol. The van der Waals surface area contributed by atoms with Crippen LogP contribution in [0.25, 0.3) is 0 Å². The van der Waals surface area contributed by atoms with E-state index in [0.29, 0.717) is 0 Å². The van der Waals surface area contributed by atoms with Crippen molar-refractivity contribution in [3.63, 3.8) is 0 Å². The number of nitrogens with two attached hydrogens (primary N) is 1. The topological polar surface area (TPSA) is 134 Å². The molecule has 0 spiro atoms. The number of anilines is 2. The quantitative estimate of drug-likeness (QED) is 0.395. The van der Waals surface area contributed by atoms with Crippen LogP contribution in [0.2, 0.25) is 0 Å². The zero-order valence-corrected chi connectivity index (χ0v) is 9.42. The number of aliphatic hydroxyl groups excluding tert-OH is 3. The van der Waals surface area contributed by atoms with Crippen LogP contribution in [0.3, 0.4) is 0 Å². The molecule has 0 fully saturated rings. The number of aliphatic hydroxyl groups is 3. The van der Waals surface area contributed by atoms with Gasteiger partial charge in [-0.3, -0.25) is 0 Å². The minimum Gasteiger partial charge on any atom is -0.481 e. The lowest BCUT2D eigenvalue weighted by Crippen LogP contribution is -2.49. The molecule has 0 amide bonds. The number of aromatic nitrogens is 2. The Labute approximate surface area is 98.1 Å². The first kappa shape index (κ1) is 13.4. The number of rotatable bonds is 6. The second-order valence-electron chi connectivity index (χ2n) is 3.53. The van der Waals surface area contributed by atoms with Gasteiger partial charge in [0.25, 0.3) is 0 Å². The molecule has 1 aromatic rings. The average Bonchev–Trinajstić information content (AvgIpc) is 2.35. The minimum atomic E-state index is -1.27. The fraction of sp³-hybridized carbons (Fsp3) is 0.556. The van der Waals surface area contributed by atoms with Gasteiger partial charge in [0.2, 0.25) is 11.8 Å². The number of hydrogen-bond donors (Lipinski definition) is 5. The maximum Gasteiger partial charge on any atom is 0.225 e. The maximum absolute atomic E-state index is 9.15. The van der Waals surface area contributed by atoms with Crippen LogP contribution in [0.4, 0.5) is 11.8 Å². The van der Waals surface area contributed by atoms with Gasteiger partial charge < -0.3 is 31.1 Å². The van der Waals surface area contributed by atoms with Crippen molar-refractivity contribution in [2.45, 2.75) is 5.54 Å². The van der Waals surface area contributed by atoms with Crippen LogP contribution < -0.4 is 15.8 Å². The number of nitrogens with zero attached hydrogens (tertiary/aromatic N) is 2. The van der Waals surface area contributed by atoms with Crippen LogP contribution in [0, 0.1) is 0 Å². The van der Waals surface area contributed by atoms with Crippen molar-refractivity contribution in [2.75, 3.05) is 38.0 Å². The summed E-state index contributed by atoms with van der Waals surface area (Å²) in [6, 6.07) is 1.44. The number of nitrogens with one attached hydrogen (secondary N) is 1. The minimum absolute atomic E-state index is 0.0189. The smallest absolute Gasteiger partial charge is 0.225 e. The fourth-order valence-electron chi connectivity index (χ4n) is 1.15. The first-order chi connectivity index (χ1) is 8.09. The largest absolute Gasteiger partial charge is 0.481 e. The molecule has 0 aliphatic rings. The van der Waals surface area contributed by atoms with E-state index >= 15 is 0 Å². The Morgan fingerprint density at radius 2 is 1.88 bits per heavy atom. The lowest BCUT2D eigenvalue weighted by Gasteiger charge is -2.29. The number of nitrogen functional groups attached to an aromatic ring is 1. The van der Waals surface area contributed by atoms with Gasteiger partial charge in [0.1, 0.15) is 11.4 Å². The molecule has 1 aromatic heterocycles. The normalized spacial score (nSPS) is 11.3. The third-order valence-corrected chi connectivity index (χ3v) is 2.23. The third-order valence-electron chi connectivity index (χ3n) is 2.23. The van der Waals surface area contributed by atoms with E-state index in [1.165, 1.54) is 13.2 Å². The summed E-state index contributed by atoms with van der Waals surface area (Å²) >= 11 is 0. The van der Waals surface area contributed by atoms with E-state index in [4.69, 9.17) is 25.8 Å². The monoisotopic (exact) mass is 244 g/mol. The Kier molecular flexibility index (Phi) is 4.44. The summed E-state index contributed by atoms with van der Waals surface area (Å²) in [7, 11) is 1.42. The van der Waals surface area contributed by atoms with Crippen molar-refractivity contribution in [2.24, 2.45) is 0 Å². The van der Waals surface area contributed by atoms with Crippen LogP contribution in [0.1, 0.15) is 0 Å². The molecule has 0 aliphatic heterocycles. The molecule has 17 heavy (non-hydrogen) atoms. The highest BCUT2D eigenvalue weighted by Crippen LogP contribution is 2.18. The van der Waals surface area contributed by atoms with Gasteiger partial charge in [0, 0.05) is 6.07 Å². The number of hydrogen-bond acceptors (Lipinski definition) is 8. The molecular weight excluding hydrogens is 228 g/mol. The molecule has 96 valence electrons. The van der Waals surface area contributed by atoms with Gasteiger partial charge in [-0.15, -0.1) is 0 Å². The molecule has 0 aromatic carbocycles. The summed E-state index contributed by atoms with van der Waals surface area (Å²) in [5, 5.41) is 30.1. The molecule has 0 saturated carbocycles. The summed E-state index contributed by atoms with van der Waals surface area (Å²) in [6.07, 6.45) is 0. The van der Waals surface area contributed by atoms with Crippen LogP contribution in [-0.2, 0) is 0 Å². The van der Waals surface area contributed by atoms with Crippen molar-refractivity contribution in [3.8, 4) is 5.88 Å². The van der Waals surface area contributed by atoms with Crippen LogP contribution in [0.5, 0.6) is 5.88 Å². The van der Waals surface area contributed by atoms with Crippen molar-refractivity contribution in [1.29, 1.82) is 0 Å². The molecule has 0 unspecified atom stereocenters. The van der Waals surface area contributed by atoms with Gasteiger partial charge in [-0.25, -0.2) is 0 Å². The number of ether oxygens (including phenoxy) is 1. The molecule has 0 saturated heterocycles. The summed E-state index contributed by atoms with van der Waals surface area (Å²) in [5.74, 6) is 0.462. The van der Waals surface area contributed by atoms with Crippen LogP contribution >= 0.6 is 0 Å². The Morgan fingerprint density at radius 1 is 1.29 bits per heavy atom. The van der Waals surface area contributed by atoms with E-state index in [1.807, 2.05) is 0 Å². The Bertz CT molecular complexity index is 362. The van der Waals surface area contributed by atoms with Crippen LogP contribution in [-0.4, -0.2) is 57.8 Å². The zero-order chi connectivity index (χ0) is 12.9. The van der Waals surface area contributed by atoms with E-state index in [-0.39, 0.29) is 17.6 Å². The number of methoxy groups -OCH3 is 1. The Balaban J connectivity index is 2.96. The van der Waals surface area contributed by atoms with E-state index < -0.39 is 25.4 Å². The van der Waals surface area contributed by atoms with Gasteiger partial charge >= 0.3 is 0 Å². The molecule has 1 heterocycles. The fourth-order valence-corrected chi connectivity index (χ4v) is 1.15. The second-order valence-corrected chi connectivity index (χ2v) is 3.53. The Morgan fingerprint density at radius 3 is 2.35 bits per heavy atom. The summed E-state index contributed by atoms with van der Waals surface area (Å²) < 4.78 is 4.89. The summed E-state index contributed by atoms with van der Waals surface area (Å²) in [6.45, 7) is -1.40. The lowest BCUT2D eigenvalue weighted by atomic mass is 10.0. The molecule has 0 atom stereocenters. The standard InChI is InChI=1S/C9H16N4O4/c1-17-7-2-6(11-8(10)12-7)13-9(3-14,4-15)5-16/h2,14-16H,3-5H2,1H3,(H3,10,11,12,13). The Hall–Kier alpha value is -1.64. The van der Waals surface area contributed by atoms with Crippen molar-refractivity contribution >= 4 is 11.8 Å². The van der Waals surface area contributed by atoms with Gasteiger partial charge in [0.05, 0.1) is 26.9 Å². The highest BCUT2D eigenvalue weighted by Gasteiger charge is 2.28. The van der Waals surface area contributed by atoms with E-state index in [9.17, 15) is 0 Å². The predicted octanol–water partition coefficient (Wildman–Crippen LogP) is -1.80. The molecule has 8 nitrogen and oxygen atoms in total. The van der Waals surface area contributed by atoms with E-state index in [2.05, 4.69) is 15.3 Å². The van der Waals surface area contributed by atoms with E-state index in [0.717, 1.165) is 0 Å². The van der Waals surface area contributed by atoms with Crippen molar-refractivity contribution in [3.05, 3.63) is 6.07 Å². The molecule has 0 aliphatic carbocycles. The van der Waals surface area contributed by atoms with Gasteiger partial charge in [0.15, 0.2) is 0 Å². The summed E-state index contributed by atoms with van der Waals surface area (Å²) in [4.78, 5) is 7.63. The molecule has 0 bridgehead atoms. The lowest BCUT2D eigenvalue weighted by molar-refractivity contribution is 0.0831. The average molecular weight is 244 g/mol. The summed E-state index contributed by atoms with van der Waals surface area (Å²) in [5.41, 5.74) is 4.18. The van der Waals surface area contributed by atoms with Crippen LogP contribution in [0.15, 0.2) is 6.07 Å². The highest BCUT2D eigenvalue weighted by molar-refractivity contribution is 5.45. The third kappa shape index (κ3) is 3.16.